The summed E-state index contributed by atoms with van der Waals surface area (Å²) < 4.78 is 4.06. The Labute approximate surface area is 179 Å². The Morgan fingerprint density at radius 3 is 2.76 bits per heavy atom. The van der Waals surface area contributed by atoms with E-state index in [9.17, 15) is 9.59 Å². The Morgan fingerprint density at radius 1 is 1.10 bits per heavy atom. The number of fused-ring (bicyclic) bond motifs is 2. The number of para-hydroxylation sites is 1. The second-order valence-corrected chi connectivity index (χ2v) is 8.53. The number of aromatic nitrogens is 4. The Bertz CT molecular complexity index is 1320. The van der Waals surface area contributed by atoms with Crippen molar-refractivity contribution in [2.45, 2.75) is 37.2 Å². The Balaban J connectivity index is 1.70. The van der Waals surface area contributed by atoms with Crippen molar-refractivity contribution in [3.05, 3.63) is 79.5 Å². The number of hydrogen-bond donors (Lipinski definition) is 0. The van der Waals surface area contributed by atoms with E-state index in [4.69, 9.17) is 4.98 Å². The molecule has 3 heterocycles. The number of thioether (sulfide) groups is 1. The predicted octanol–water partition coefficient (Wildman–Crippen LogP) is 4.26. The number of unbranched alkanes of at least 4 members (excludes halogenated alkanes) is 1. The van der Waals surface area contributed by atoms with Crippen LogP contribution in [0.1, 0.15) is 25.5 Å². The van der Waals surface area contributed by atoms with Gasteiger partial charge in [-0.1, -0.05) is 37.2 Å². The van der Waals surface area contributed by atoms with Gasteiger partial charge in [0.05, 0.1) is 16.6 Å². The highest BCUT2D eigenvalue weighted by atomic mass is 79.9. The molecule has 0 bridgehead atoms. The van der Waals surface area contributed by atoms with Gasteiger partial charge in [-0.2, -0.15) is 0 Å². The van der Waals surface area contributed by atoms with Crippen LogP contribution in [0.3, 0.4) is 0 Å². The first-order valence-electron chi connectivity index (χ1n) is 9.37. The number of halogens is 1. The van der Waals surface area contributed by atoms with Crippen molar-refractivity contribution < 1.29 is 0 Å². The molecule has 4 aromatic rings. The molecule has 3 aromatic heterocycles. The highest BCUT2D eigenvalue weighted by Crippen LogP contribution is 2.22. The van der Waals surface area contributed by atoms with Gasteiger partial charge in [-0.15, -0.1) is 0 Å². The quantitative estimate of drug-likeness (QED) is 0.311. The molecule has 0 saturated carbocycles. The molecule has 0 radical (unpaired) electrons. The van der Waals surface area contributed by atoms with Crippen LogP contribution in [0.25, 0.3) is 16.6 Å². The van der Waals surface area contributed by atoms with Gasteiger partial charge in [0.15, 0.2) is 5.16 Å². The summed E-state index contributed by atoms with van der Waals surface area (Å²) in [6.45, 7) is 2.72. The Hall–Kier alpha value is -2.45. The fourth-order valence-corrected chi connectivity index (χ4v) is 4.36. The molecule has 0 saturated heterocycles. The van der Waals surface area contributed by atoms with Crippen LogP contribution in [-0.2, 0) is 12.3 Å². The molecule has 0 spiro atoms. The molecule has 0 amide bonds. The van der Waals surface area contributed by atoms with Crippen LogP contribution in [0.4, 0.5) is 0 Å². The zero-order valence-electron chi connectivity index (χ0n) is 15.8. The van der Waals surface area contributed by atoms with E-state index in [-0.39, 0.29) is 11.1 Å². The molecule has 0 unspecified atom stereocenters. The van der Waals surface area contributed by atoms with E-state index >= 15 is 0 Å². The SMILES string of the molecule is CCCCn1c(SCc2cc(=O)n3cc(Br)ccc3n2)nc2ccccc2c1=O. The van der Waals surface area contributed by atoms with Gasteiger partial charge in [0.1, 0.15) is 5.65 Å². The van der Waals surface area contributed by atoms with Crippen molar-refractivity contribution in [3.8, 4) is 0 Å². The van der Waals surface area contributed by atoms with Crippen molar-refractivity contribution in [1.82, 2.24) is 18.9 Å². The second kappa shape index (κ2) is 8.51. The van der Waals surface area contributed by atoms with Crippen LogP contribution < -0.4 is 11.1 Å². The molecular formula is C21H19BrN4O2S. The predicted molar refractivity (Wildman–Crippen MR) is 120 cm³/mol. The minimum Gasteiger partial charge on any atom is -0.287 e. The first kappa shape index (κ1) is 19.8. The molecule has 8 heteroatoms. The fourth-order valence-electron chi connectivity index (χ4n) is 3.11. The van der Waals surface area contributed by atoms with Crippen LogP contribution in [0, 0.1) is 0 Å². The van der Waals surface area contributed by atoms with Crippen molar-refractivity contribution in [2.75, 3.05) is 0 Å². The summed E-state index contributed by atoms with van der Waals surface area (Å²) in [7, 11) is 0. The Kier molecular flexibility index (Phi) is 5.82. The highest BCUT2D eigenvalue weighted by molar-refractivity contribution is 9.10. The number of benzene rings is 1. The van der Waals surface area contributed by atoms with Crippen LogP contribution in [0.15, 0.2) is 67.9 Å². The lowest BCUT2D eigenvalue weighted by Gasteiger charge is -2.12. The monoisotopic (exact) mass is 470 g/mol. The summed E-state index contributed by atoms with van der Waals surface area (Å²) >= 11 is 4.80. The van der Waals surface area contributed by atoms with Crippen molar-refractivity contribution >= 4 is 44.2 Å². The third kappa shape index (κ3) is 4.13. The lowest BCUT2D eigenvalue weighted by Crippen LogP contribution is -2.23. The second-order valence-electron chi connectivity index (χ2n) is 6.67. The molecule has 148 valence electrons. The smallest absolute Gasteiger partial charge is 0.262 e. The number of rotatable bonds is 6. The molecule has 0 fully saturated rings. The fraction of sp³-hybridized carbons (Fsp3) is 0.238. The number of pyridine rings is 1. The molecule has 6 nitrogen and oxygen atoms in total. The molecule has 29 heavy (non-hydrogen) atoms. The first-order chi connectivity index (χ1) is 14.1. The summed E-state index contributed by atoms with van der Waals surface area (Å²) in [5, 5.41) is 1.28. The molecule has 0 atom stereocenters. The molecule has 0 aliphatic rings. The molecular weight excluding hydrogens is 452 g/mol. The van der Waals surface area contributed by atoms with Gasteiger partial charge < -0.3 is 0 Å². The normalized spacial score (nSPS) is 11.4. The topological polar surface area (TPSA) is 69.3 Å². The van der Waals surface area contributed by atoms with E-state index in [2.05, 4.69) is 27.8 Å². The average Bonchev–Trinajstić information content (AvgIpc) is 2.72. The van der Waals surface area contributed by atoms with Crippen LogP contribution >= 0.6 is 27.7 Å². The zero-order chi connectivity index (χ0) is 20.4. The van der Waals surface area contributed by atoms with Crippen LogP contribution in [0.2, 0.25) is 0 Å². The summed E-state index contributed by atoms with van der Waals surface area (Å²) in [6.07, 6.45) is 3.59. The minimum atomic E-state index is -0.137. The van der Waals surface area contributed by atoms with Gasteiger partial charge in [0, 0.05) is 29.0 Å². The van der Waals surface area contributed by atoms with E-state index in [0.29, 0.717) is 39.7 Å². The van der Waals surface area contributed by atoms with E-state index in [1.165, 1.54) is 22.2 Å². The van der Waals surface area contributed by atoms with Gasteiger partial charge in [0.25, 0.3) is 11.1 Å². The van der Waals surface area contributed by atoms with E-state index in [0.717, 1.165) is 17.3 Å². The van der Waals surface area contributed by atoms with Crippen molar-refractivity contribution in [3.63, 3.8) is 0 Å². The molecule has 0 N–H and O–H groups in total. The molecule has 4 rings (SSSR count). The third-order valence-electron chi connectivity index (χ3n) is 4.59. The molecule has 1 aromatic carbocycles. The van der Waals surface area contributed by atoms with Gasteiger partial charge >= 0.3 is 0 Å². The average molecular weight is 471 g/mol. The Morgan fingerprint density at radius 2 is 1.93 bits per heavy atom. The third-order valence-corrected chi connectivity index (χ3v) is 6.07. The first-order valence-corrected chi connectivity index (χ1v) is 11.1. The number of nitrogens with zero attached hydrogens (tertiary/aromatic N) is 4. The molecule has 0 aliphatic carbocycles. The van der Waals surface area contributed by atoms with E-state index < -0.39 is 0 Å². The summed E-state index contributed by atoms with van der Waals surface area (Å²) in [6, 6.07) is 12.6. The van der Waals surface area contributed by atoms with Gasteiger partial charge in [-0.05, 0) is 46.6 Å². The minimum absolute atomic E-state index is 0.0251. The summed E-state index contributed by atoms with van der Waals surface area (Å²) in [5.74, 6) is 0.457. The lowest BCUT2D eigenvalue weighted by atomic mass is 10.2. The maximum atomic E-state index is 13.0. The zero-order valence-corrected chi connectivity index (χ0v) is 18.2. The van der Waals surface area contributed by atoms with E-state index in [1.807, 2.05) is 30.3 Å². The van der Waals surface area contributed by atoms with Crippen LogP contribution in [-0.4, -0.2) is 18.9 Å². The lowest BCUT2D eigenvalue weighted by molar-refractivity contribution is 0.557. The maximum Gasteiger partial charge on any atom is 0.262 e. The van der Waals surface area contributed by atoms with Gasteiger partial charge in [-0.25, -0.2) is 9.97 Å². The number of hydrogen-bond acceptors (Lipinski definition) is 5. The van der Waals surface area contributed by atoms with Gasteiger partial charge in [-0.3, -0.25) is 18.6 Å². The van der Waals surface area contributed by atoms with Crippen LogP contribution in [0.5, 0.6) is 0 Å². The van der Waals surface area contributed by atoms with Gasteiger partial charge in [0.2, 0.25) is 0 Å². The van der Waals surface area contributed by atoms with Crippen molar-refractivity contribution in [1.29, 1.82) is 0 Å². The summed E-state index contributed by atoms with van der Waals surface area (Å²) in [5.41, 5.74) is 1.77. The summed E-state index contributed by atoms with van der Waals surface area (Å²) in [4.78, 5) is 34.7. The molecule has 0 aliphatic heterocycles. The highest BCUT2D eigenvalue weighted by Gasteiger charge is 2.12. The van der Waals surface area contributed by atoms with Crippen molar-refractivity contribution in [2.24, 2.45) is 0 Å². The standard InChI is InChI=1S/C21H19BrN4O2S/c1-2-3-10-25-20(28)16-6-4-5-7-17(16)24-21(25)29-13-15-11-19(27)26-12-14(22)8-9-18(26)23-15/h4-9,11-12H,2-3,10,13H2,1H3. The van der Waals surface area contributed by atoms with E-state index in [1.54, 1.807) is 16.8 Å². The maximum absolute atomic E-state index is 13.0. The largest absolute Gasteiger partial charge is 0.287 e.